The second-order valence-corrected chi connectivity index (χ2v) is 4.40. The van der Waals surface area contributed by atoms with E-state index in [1.54, 1.807) is 14.2 Å². The van der Waals surface area contributed by atoms with E-state index in [9.17, 15) is 14.9 Å². The first-order valence-corrected chi connectivity index (χ1v) is 6.71. The molecule has 1 amide bonds. The van der Waals surface area contributed by atoms with Crippen LogP contribution in [0.1, 0.15) is 19.0 Å². The number of anilines is 1. The van der Waals surface area contributed by atoms with Crippen LogP contribution >= 0.6 is 0 Å². The molecule has 1 aromatic rings. The van der Waals surface area contributed by atoms with E-state index < -0.39 is 4.92 Å². The average molecular weight is 299 g/mol. The lowest BCUT2D eigenvalue weighted by Crippen LogP contribution is -2.28. The molecule has 0 saturated heterocycles. The van der Waals surface area contributed by atoms with Crippen molar-refractivity contribution in [3.8, 4) is 0 Å². The SMILES string of the molecule is CCc1nn(C)c(NCCC(=O)NCCOC)c1[N+](=O)[O-]. The van der Waals surface area contributed by atoms with Gasteiger partial charge in [-0.1, -0.05) is 6.92 Å². The molecule has 0 atom stereocenters. The first kappa shape index (κ1) is 16.9. The van der Waals surface area contributed by atoms with Crippen LogP contribution in [-0.2, 0) is 23.0 Å². The van der Waals surface area contributed by atoms with Crippen LogP contribution in [-0.4, -0.2) is 47.4 Å². The van der Waals surface area contributed by atoms with Crippen molar-refractivity contribution in [1.82, 2.24) is 15.1 Å². The summed E-state index contributed by atoms with van der Waals surface area (Å²) < 4.78 is 6.25. The molecule has 9 nitrogen and oxygen atoms in total. The average Bonchev–Trinajstić information content (AvgIpc) is 2.76. The molecule has 0 aliphatic heterocycles. The first-order valence-electron chi connectivity index (χ1n) is 6.71. The van der Waals surface area contributed by atoms with Gasteiger partial charge in [0, 0.05) is 33.7 Å². The van der Waals surface area contributed by atoms with Gasteiger partial charge in [0.2, 0.25) is 11.7 Å². The number of ether oxygens (including phenoxy) is 1. The standard InChI is InChI=1S/C12H21N5O4/c1-4-9-11(17(19)20)12(16(2)15-9)14-6-5-10(18)13-7-8-21-3/h14H,4-8H2,1-3H3,(H,13,18). The number of nitrogens with zero attached hydrogens (tertiary/aromatic N) is 3. The molecule has 9 heteroatoms. The molecule has 21 heavy (non-hydrogen) atoms. The first-order chi connectivity index (χ1) is 10.0. The van der Waals surface area contributed by atoms with Crippen molar-refractivity contribution in [3.05, 3.63) is 15.8 Å². The molecule has 0 unspecified atom stereocenters. The fourth-order valence-corrected chi connectivity index (χ4v) is 1.87. The number of carbonyl (C=O) groups is 1. The Morgan fingerprint density at radius 3 is 2.76 bits per heavy atom. The summed E-state index contributed by atoms with van der Waals surface area (Å²) in [5, 5.41) is 20.8. The number of amides is 1. The molecule has 118 valence electrons. The van der Waals surface area contributed by atoms with Gasteiger partial charge in [-0.2, -0.15) is 5.10 Å². The van der Waals surface area contributed by atoms with Crippen LogP contribution in [0, 0.1) is 10.1 Å². The Bertz CT molecular complexity index is 500. The molecule has 0 aromatic carbocycles. The Hall–Kier alpha value is -2.16. The van der Waals surface area contributed by atoms with Crippen LogP contribution in [0.4, 0.5) is 11.5 Å². The maximum absolute atomic E-state index is 11.5. The normalized spacial score (nSPS) is 10.4. The summed E-state index contributed by atoms with van der Waals surface area (Å²) in [6, 6.07) is 0. The molecule has 1 rings (SSSR count). The predicted molar refractivity (Wildman–Crippen MR) is 77.2 cm³/mol. The minimum Gasteiger partial charge on any atom is -0.383 e. The fourth-order valence-electron chi connectivity index (χ4n) is 1.87. The van der Waals surface area contributed by atoms with Crippen LogP contribution in [0.3, 0.4) is 0 Å². The number of hydrogen-bond acceptors (Lipinski definition) is 6. The van der Waals surface area contributed by atoms with Crippen molar-refractivity contribution in [2.75, 3.05) is 32.1 Å². The lowest BCUT2D eigenvalue weighted by molar-refractivity contribution is -0.384. The molecule has 0 bridgehead atoms. The topological polar surface area (TPSA) is 111 Å². The number of nitrogens with one attached hydrogen (secondary N) is 2. The van der Waals surface area contributed by atoms with Gasteiger partial charge in [-0.15, -0.1) is 0 Å². The second-order valence-electron chi connectivity index (χ2n) is 4.40. The highest BCUT2D eigenvalue weighted by molar-refractivity contribution is 5.76. The highest BCUT2D eigenvalue weighted by Crippen LogP contribution is 2.28. The Kier molecular flexibility index (Phi) is 6.60. The van der Waals surface area contributed by atoms with Crippen LogP contribution < -0.4 is 10.6 Å². The van der Waals surface area contributed by atoms with Crippen molar-refractivity contribution in [1.29, 1.82) is 0 Å². The Morgan fingerprint density at radius 2 is 2.19 bits per heavy atom. The van der Waals surface area contributed by atoms with Crippen molar-refractivity contribution in [2.45, 2.75) is 19.8 Å². The zero-order valence-electron chi connectivity index (χ0n) is 12.5. The van der Waals surface area contributed by atoms with Crippen LogP contribution in [0.5, 0.6) is 0 Å². The summed E-state index contributed by atoms with van der Waals surface area (Å²) in [6.07, 6.45) is 0.691. The van der Waals surface area contributed by atoms with Crippen LogP contribution in [0.25, 0.3) is 0 Å². The molecule has 2 N–H and O–H groups in total. The maximum atomic E-state index is 11.5. The number of aryl methyl sites for hydroxylation is 2. The van der Waals surface area contributed by atoms with Gasteiger partial charge in [-0.05, 0) is 6.42 Å². The number of hydrogen-bond donors (Lipinski definition) is 2. The van der Waals surface area contributed by atoms with Gasteiger partial charge >= 0.3 is 5.69 Å². The molecule has 0 saturated carbocycles. The zero-order chi connectivity index (χ0) is 15.8. The summed E-state index contributed by atoms with van der Waals surface area (Å²) in [5.74, 6) is 0.182. The van der Waals surface area contributed by atoms with E-state index in [1.165, 1.54) is 4.68 Å². The van der Waals surface area contributed by atoms with Gasteiger partial charge < -0.3 is 15.4 Å². The van der Waals surface area contributed by atoms with Crippen molar-refractivity contribution in [2.24, 2.45) is 7.05 Å². The van der Waals surface area contributed by atoms with E-state index in [-0.39, 0.29) is 18.0 Å². The van der Waals surface area contributed by atoms with Gasteiger partial charge in [0.15, 0.2) is 0 Å². The van der Waals surface area contributed by atoms with E-state index in [2.05, 4.69) is 15.7 Å². The summed E-state index contributed by atoms with van der Waals surface area (Å²) in [5.41, 5.74) is 0.398. The number of methoxy groups -OCH3 is 1. The predicted octanol–water partition coefficient (Wildman–Crippen LogP) is 0.455. The minimum absolute atomic E-state index is 0.0280. The molecule has 0 spiro atoms. The molecule has 0 radical (unpaired) electrons. The quantitative estimate of drug-likeness (QED) is 0.389. The van der Waals surface area contributed by atoms with E-state index in [1.807, 2.05) is 6.92 Å². The summed E-state index contributed by atoms with van der Waals surface area (Å²) >= 11 is 0. The maximum Gasteiger partial charge on any atom is 0.333 e. The van der Waals surface area contributed by atoms with Crippen LogP contribution in [0.15, 0.2) is 0 Å². The monoisotopic (exact) mass is 299 g/mol. The van der Waals surface area contributed by atoms with E-state index >= 15 is 0 Å². The van der Waals surface area contributed by atoms with Gasteiger partial charge in [-0.25, -0.2) is 4.68 Å². The molecule has 1 heterocycles. The van der Waals surface area contributed by atoms with Gasteiger partial charge in [-0.3, -0.25) is 14.9 Å². The number of rotatable bonds is 9. The molecular formula is C12H21N5O4. The zero-order valence-corrected chi connectivity index (χ0v) is 12.5. The van der Waals surface area contributed by atoms with E-state index in [4.69, 9.17) is 4.74 Å². The molecular weight excluding hydrogens is 278 g/mol. The minimum atomic E-state index is -0.452. The van der Waals surface area contributed by atoms with Gasteiger partial charge in [0.25, 0.3) is 0 Å². The number of nitro groups is 1. The summed E-state index contributed by atoms with van der Waals surface area (Å²) in [6.45, 7) is 3.00. The van der Waals surface area contributed by atoms with E-state index in [0.717, 1.165) is 0 Å². The highest BCUT2D eigenvalue weighted by Gasteiger charge is 2.25. The van der Waals surface area contributed by atoms with Crippen molar-refractivity contribution >= 4 is 17.4 Å². The lowest BCUT2D eigenvalue weighted by atomic mass is 10.3. The summed E-state index contributed by atoms with van der Waals surface area (Å²) in [7, 11) is 3.19. The molecule has 1 aromatic heterocycles. The van der Waals surface area contributed by atoms with Crippen LogP contribution in [0.2, 0.25) is 0 Å². The number of carbonyl (C=O) groups excluding carboxylic acids is 1. The molecule has 0 fully saturated rings. The van der Waals surface area contributed by atoms with Gasteiger partial charge in [0.05, 0.1) is 11.5 Å². The summed E-state index contributed by atoms with van der Waals surface area (Å²) in [4.78, 5) is 22.2. The smallest absolute Gasteiger partial charge is 0.333 e. The Balaban J connectivity index is 2.57. The third-order valence-electron chi connectivity index (χ3n) is 2.88. The highest BCUT2D eigenvalue weighted by atomic mass is 16.6. The third kappa shape index (κ3) is 4.71. The molecule has 0 aliphatic rings. The lowest BCUT2D eigenvalue weighted by Gasteiger charge is -2.07. The van der Waals surface area contributed by atoms with Crippen molar-refractivity contribution in [3.63, 3.8) is 0 Å². The fraction of sp³-hybridized carbons (Fsp3) is 0.667. The molecule has 0 aliphatic carbocycles. The van der Waals surface area contributed by atoms with Crippen molar-refractivity contribution < 1.29 is 14.5 Å². The largest absolute Gasteiger partial charge is 0.383 e. The second kappa shape index (κ2) is 8.20. The Morgan fingerprint density at radius 1 is 1.48 bits per heavy atom. The van der Waals surface area contributed by atoms with Gasteiger partial charge in [0.1, 0.15) is 5.69 Å². The van der Waals surface area contributed by atoms with E-state index in [0.29, 0.717) is 37.6 Å². The Labute approximate surface area is 122 Å². The number of aromatic nitrogens is 2. The third-order valence-corrected chi connectivity index (χ3v) is 2.88.